The lowest BCUT2D eigenvalue weighted by Gasteiger charge is -2.46. The van der Waals surface area contributed by atoms with Crippen molar-refractivity contribution in [2.24, 2.45) is 27.4 Å². The zero-order valence-electron chi connectivity index (χ0n) is 37.5. The van der Waals surface area contributed by atoms with Gasteiger partial charge in [-0.1, -0.05) is 51.3 Å². The number of anilines is 2. The molecule has 1 aromatic heterocycles. The maximum absolute atomic E-state index is 15.0. The average molecular weight is 896 g/mol. The topological polar surface area (TPSA) is 181 Å². The third kappa shape index (κ3) is 14.8. The van der Waals surface area contributed by atoms with Gasteiger partial charge in [0.25, 0.3) is 11.5 Å². The minimum absolute atomic E-state index is 0.0543. The maximum Gasteiger partial charge on any atom is 0.280 e. The fourth-order valence-electron chi connectivity index (χ4n) is 8.09. The lowest BCUT2D eigenvalue weighted by molar-refractivity contribution is -0.133. The number of pyridine rings is 1. The smallest absolute Gasteiger partial charge is 0.280 e. The first-order chi connectivity index (χ1) is 30.9. The molecule has 350 valence electrons. The van der Waals surface area contributed by atoms with Gasteiger partial charge in [0.15, 0.2) is 5.83 Å². The van der Waals surface area contributed by atoms with Crippen molar-refractivity contribution in [3.05, 3.63) is 101 Å². The van der Waals surface area contributed by atoms with Crippen LogP contribution in [0, 0.1) is 11.7 Å². The Labute approximate surface area is 374 Å². The van der Waals surface area contributed by atoms with Crippen LogP contribution in [-0.4, -0.2) is 104 Å². The number of aromatic nitrogens is 1. The van der Waals surface area contributed by atoms with Crippen molar-refractivity contribution in [3.8, 4) is 5.69 Å². The number of nitrogens with two attached hydrogens (primary N) is 2. The van der Waals surface area contributed by atoms with Crippen molar-refractivity contribution in [2.75, 3.05) is 50.5 Å². The van der Waals surface area contributed by atoms with Crippen molar-refractivity contribution < 1.29 is 31.9 Å². The summed E-state index contributed by atoms with van der Waals surface area (Å²) in [6, 6.07) is 14.9. The second kappa shape index (κ2) is 27.0. The first kappa shape index (κ1) is 52.8. The molecule has 3 aromatic rings. The van der Waals surface area contributed by atoms with Crippen molar-refractivity contribution in [3.63, 3.8) is 0 Å². The summed E-state index contributed by atoms with van der Waals surface area (Å²) in [5.74, 6) is -5.04. The normalized spacial score (nSPS) is 20.6. The number of imide groups is 1. The summed E-state index contributed by atoms with van der Waals surface area (Å²) in [4.78, 5) is 57.5. The summed E-state index contributed by atoms with van der Waals surface area (Å²) >= 11 is 0. The van der Waals surface area contributed by atoms with Crippen LogP contribution in [0.25, 0.3) is 5.69 Å². The van der Waals surface area contributed by atoms with E-state index in [0.717, 1.165) is 38.2 Å². The van der Waals surface area contributed by atoms with Gasteiger partial charge in [0.1, 0.15) is 23.9 Å². The minimum atomic E-state index is -3.01. The molecule has 7 rings (SSSR count). The van der Waals surface area contributed by atoms with Crippen LogP contribution in [0.3, 0.4) is 0 Å². The molecule has 2 aromatic carbocycles. The molecule has 13 nitrogen and oxygen atoms in total. The van der Waals surface area contributed by atoms with Gasteiger partial charge in [0.2, 0.25) is 11.8 Å². The Bertz CT molecular complexity index is 2080. The van der Waals surface area contributed by atoms with E-state index in [-0.39, 0.29) is 47.7 Å². The number of nitrogens with zero attached hydrogens (tertiary/aromatic N) is 5. The third-order valence-corrected chi connectivity index (χ3v) is 11.2. The summed E-state index contributed by atoms with van der Waals surface area (Å²) in [5.41, 5.74) is 10.9. The average Bonchev–Trinajstić information content (AvgIpc) is 3.32. The number of halogens is 4. The maximum atomic E-state index is 15.0. The molecular formula is C47H65F4N9O4. The molecule has 4 aliphatic rings. The molecule has 2 atom stereocenters. The number of likely N-dealkylation sites (tertiary alicyclic amines) is 1. The van der Waals surface area contributed by atoms with E-state index in [1.807, 2.05) is 19.9 Å². The second-order valence-electron chi connectivity index (χ2n) is 15.2. The van der Waals surface area contributed by atoms with Gasteiger partial charge in [-0.25, -0.2) is 17.6 Å². The molecule has 3 saturated heterocycles. The highest BCUT2D eigenvalue weighted by atomic mass is 19.3. The van der Waals surface area contributed by atoms with Gasteiger partial charge in [-0.2, -0.15) is 0 Å². The van der Waals surface area contributed by atoms with Gasteiger partial charge in [0.05, 0.1) is 30.5 Å². The predicted molar refractivity (Wildman–Crippen MR) is 248 cm³/mol. The Balaban J connectivity index is 0.000000310. The zero-order valence-corrected chi connectivity index (χ0v) is 37.5. The van der Waals surface area contributed by atoms with E-state index in [9.17, 15) is 28.0 Å². The molecule has 4 fully saturated rings. The second-order valence-corrected chi connectivity index (χ2v) is 15.2. The van der Waals surface area contributed by atoms with E-state index in [1.54, 1.807) is 47.5 Å². The highest BCUT2D eigenvalue weighted by Gasteiger charge is 2.48. The lowest BCUT2D eigenvalue weighted by Crippen LogP contribution is -2.59. The van der Waals surface area contributed by atoms with E-state index in [4.69, 9.17) is 0 Å². The molecule has 1 aliphatic carbocycles. The van der Waals surface area contributed by atoms with Crippen LogP contribution in [0.1, 0.15) is 83.6 Å². The fraction of sp³-hybridized carbons (Fsp3) is 0.489. The summed E-state index contributed by atoms with van der Waals surface area (Å²) < 4.78 is 61.0. The van der Waals surface area contributed by atoms with Crippen LogP contribution in [0.15, 0.2) is 93.7 Å². The number of nitrogens with one attached hydrogen (secondary N) is 2. The number of allylic oxidation sites excluding steroid dienone is 1. The summed E-state index contributed by atoms with van der Waals surface area (Å²) in [7, 11) is 3.00. The fourth-order valence-corrected chi connectivity index (χ4v) is 8.09. The highest BCUT2D eigenvalue weighted by Crippen LogP contribution is 2.37. The van der Waals surface area contributed by atoms with Crippen molar-refractivity contribution in [1.29, 1.82) is 0 Å². The number of benzene rings is 2. The number of rotatable bonds is 10. The van der Waals surface area contributed by atoms with E-state index in [0.29, 0.717) is 55.8 Å². The number of piperidine rings is 3. The van der Waals surface area contributed by atoms with Gasteiger partial charge in [-0.15, -0.1) is 0 Å². The number of aliphatic imine (C=N–C) groups is 2. The number of aldehydes is 1. The molecule has 2 unspecified atom stereocenters. The number of hydrogen-bond donors (Lipinski definition) is 4. The summed E-state index contributed by atoms with van der Waals surface area (Å²) in [5, 5.41) is 5.12. The standard InChI is InChI=1S/C22H27F3N4O3.C21H22FN3O.C2H6.2CH5N/c23-16-11-15(26-17-2-4-20(31)27-21(17)32)1-3-18(16)29-10-7-19(22(24,25)13-29)28-8-5-14(12-30)6-9-28;1-23-15-19(22)21(24-17-9-3-2-4-10-17)16-8-7-11-18(14-16)25-13-6-5-12-20(25)26;3*1-2/h1,3,11-12,14,17,19,26H,2,4-10,13H2,(H,27,31,32);5-8,11-15,17H,1-4,9-10H2;1-2H3;2*2H2,1H3/b;19-15+,24-21?;;;. The number of alkyl halides is 2. The largest absolute Gasteiger partial charge is 0.374 e. The van der Waals surface area contributed by atoms with Gasteiger partial charge < -0.3 is 26.5 Å². The van der Waals surface area contributed by atoms with Gasteiger partial charge in [-0.05, 0) is 109 Å². The molecule has 4 heterocycles. The number of carbonyl (C=O) groups is 3. The van der Waals surface area contributed by atoms with Crippen LogP contribution in [0.5, 0.6) is 0 Å². The summed E-state index contributed by atoms with van der Waals surface area (Å²) in [6.07, 6.45) is 10.9. The Kier molecular flexibility index (Phi) is 22.2. The molecule has 64 heavy (non-hydrogen) atoms. The molecule has 0 bridgehead atoms. The molecule has 3 aliphatic heterocycles. The Hall–Kier alpha value is -5.52. The van der Waals surface area contributed by atoms with Crippen LogP contribution in [0.2, 0.25) is 0 Å². The number of carbonyl (C=O) groups excluding carboxylic acids is 3. The molecule has 17 heteroatoms. The highest BCUT2D eigenvalue weighted by molar-refractivity contribution is 6.11. The van der Waals surface area contributed by atoms with Gasteiger partial charge >= 0.3 is 0 Å². The van der Waals surface area contributed by atoms with Crippen molar-refractivity contribution >= 4 is 41.9 Å². The first-order valence-electron chi connectivity index (χ1n) is 22.0. The number of amides is 2. The van der Waals surface area contributed by atoms with E-state index in [2.05, 4.69) is 38.8 Å². The third-order valence-electron chi connectivity index (χ3n) is 11.2. The first-order valence-corrected chi connectivity index (χ1v) is 22.0. The Morgan fingerprint density at radius 2 is 1.59 bits per heavy atom. The van der Waals surface area contributed by atoms with Gasteiger partial charge in [0, 0.05) is 48.1 Å². The van der Waals surface area contributed by atoms with E-state index >= 15 is 8.78 Å². The van der Waals surface area contributed by atoms with Crippen LogP contribution >= 0.6 is 0 Å². The van der Waals surface area contributed by atoms with E-state index < -0.39 is 42.1 Å². The molecule has 0 radical (unpaired) electrons. The molecule has 6 N–H and O–H groups in total. The Morgan fingerprint density at radius 3 is 2.20 bits per heavy atom. The van der Waals surface area contributed by atoms with Crippen LogP contribution < -0.4 is 32.6 Å². The van der Waals surface area contributed by atoms with Crippen molar-refractivity contribution in [1.82, 2.24) is 14.8 Å². The Morgan fingerprint density at radius 1 is 0.891 bits per heavy atom. The minimum Gasteiger partial charge on any atom is -0.374 e. The SMILES string of the molecule is C=N/C=C(/F)C(=NC1CCCCC1)c1cccc(-n2ccccc2=O)c1.CC.CN.CN.O=CC1CCN(C2CCN(c3ccc(NC4CCC(=O)NC4=O)cc3F)CC2(F)F)CC1. The van der Waals surface area contributed by atoms with Crippen LogP contribution in [0.4, 0.5) is 28.9 Å². The zero-order chi connectivity index (χ0) is 47.2. The molecule has 2 amide bonds. The number of hydrogen-bond acceptors (Lipinski definition) is 11. The molecule has 0 spiro atoms. The predicted octanol–water partition coefficient (Wildman–Crippen LogP) is 6.81. The van der Waals surface area contributed by atoms with E-state index in [1.165, 1.54) is 48.2 Å². The van der Waals surface area contributed by atoms with Crippen LogP contribution in [-0.2, 0) is 14.4 Å². The van der Waals surface area contributed by atoms with Crippen molar-refractivity contribution in [2.45, 2.75) is 102 Å². The molecule has 1 saturated carbocycles. The van der Waals surface area contributed by atoms with Gasteiger partial charge in [-0.3, -0.25) is 39.2 Å². The summed E-state index contributed by atoms with van der Waals surface area (Å²) in [6.45, 7) is 7.99. The monoisotopic (exact) mass is 896 g/mol. The quantitative estimate of drug-likeness (QED) is 0.0736. The molecular weight excluding hydrogens is 831 g/mol. The lowest BCUT2D eigenvalue weighted by atomic mass is 9.92.